The second kappa shape index (κ2) is 8.13. The number of hydrogen-bond acceptors (Lipinski definition) is 4. The molecule has 2 aromatic carbocycles. The molecule has 30 heavy (non-hydrogen) atoms. The maximum Gasteiger partial charge on any atom is 0.417 e. The van der Waals surface area contributed by atoms with Crippen LogP contribution in [0.4, 0.5) is 18.9 Å². The average Bonchev–Trinajstić information content (AvgIpc) is 3.03. The lowest BCUT2D eigenvalue weighted by Gasteiger charge is -2.30. The van der Waals surface area contributed by atoms with E-state index < -0.39 is 17.8 Å². The van der Waals surface area contributed by atoms with Gasteiger partial charge in [0.15, 0.2) is 0 Å². The summed E-state index contributed by atoms with van der Waals surface area (Å²) in [6, 6.07) is 7.55. The lowest BCUT2D eigenvalue weighted by Crippen LogP contribution is -2.36. The number of anilines is 1. The van der Waals surface area contributed by atoms with Crippen LogP contribution in [0, 0.1) is 0 Å². The van der Waals surface area contributed by atoms with E-state index in [2.05, 4.69) is 4.90 Å². The smallest absolute Gasteiger partial charge is 0.417 e. The molecule has 0 radical (unpaired) electrons. The highest BCUT2D eigenvalue weighted by Gasteiger charge is 2.34. The van der Waals surface area contributed by atoms with E-state index in [1.54, 1.807) is 13.2 Å². The van der Waals surface area contributed by atoms with E-state index in [4.69, 9.17) is 21.1 Å². The monoisotopic (exact) mass is 439 g/mol. The molecule has 1 fully saturated rings. The summed E-state index contributed by atoms with van der Waals surface area (Å²) >= 11 is 5.71. The van der Waals surface area contributed by atoms with Crippen molar-refractivity contribution in [2.75, 3.05) is 38.3 Å². The number of fused-ring (bicyclic) bond motifs is 1. The maximum absolute atomic E-state index is 13.2. The second-order valence-corrected chi connectivity index (χ2v) is 7.77. The van der Waals surface area contributed by atoms with Gasteiger partial charge in [-0.2, -0.15) is 13.2 Å². The molecule has 1 saturated heterocycles. The van der Waals surface area contributed by atoms with Crippen molar-refractivity contribution >= 4 is 23.4 Å². The molecule has 160 valence electrons. The first-order valence-electron chi connectivity index (χ1n) is 9.56. The van der Waals surface area contributed by atoms with Gasteiger partial charge < -0.3 is 19.5 Å². The van der Waals surface area contributed by atoms with Gasteiger partial charge in [-0.05, 0) is 52.9 Å². The Bertz CT molecular complexity index is 984. The van der Waals surface area contributed by atoms with Gasteiger partial charge in [-0.15, -0.1) is 0 Å². The summed E-state index contributed by atoms with van der Waals surface area (Å²) < 4.78 is 50.4. The largest absolute Gasteiger partial charge is 0.495 e. The van der Waals surface area contributed by atoms with Crippen LogP contribution >= 0.6 is 11.6 Å². The molecule has 0 amide bonds. The van der Waals surface area contributed by atoms with Crippen LogP contribution < -0.4 is 9.64 Å². The molecule has 0 spiro atoms. The SMILES string of the molecule is COc1cc2c(cc1N1CCOCC1)C/C(=C\c1ccc(Cl)c(C(F)(F)F)c1)C2O. The van der Waals surface area contributed by atoms with E-state index in [1.807, 2.05) is 12.1 Å². The first-order valence-corrected chi connectivity index (χ1v) is 9.94. The number of methoxy groups -OCH3 is 1. The second-order valence-electron chi connectivity index (χ2n) is 7.36. The Kier molecular flexibility index (Phi) is 5.70. The highest BCUT2D eigenvalue weighted by Crippen LogP contribution is 2.43. The number of nitrogens with zero attached hydrogens (tertiary/aromatic N) is 1. The molecule has 2 aliphatic rings. The fourth-order valence-corrected chi connectivity index (χ4v) is 4.18. The van der Waals surface area contributed by atoms with Crippen LogP contribution in [0.3, 0.4) is 0 Å². The van der Waals surface area contributed by atoms with E-state index in [0.29, 0.717) is 42.1 Å². The van der Waals surface area contributed by atoms with Gasteiger partial charge in [-0.1, -0.05) is 23.7 Å². The van der Waals surface area contributed by atoms with Crippen molar-refractivity contribution in [3.05, 3.63) is 63.2 Å². The summed E-state index contributed by atoms with van der Waals surface area (Å²) in [5, 5.41) is 10.5. The zero-order chi connectivity index (χ0) is 21.5. The predicted molar refractivity (Wildman–Crippen MR) is 109 cm³/mol. The molecule has 1 aliphatic carbocycles. The summed E-state index contributed by atoms with van der Waals surface area (Å²) in [5.41, 5.74) is 2.65. The van der Waals surface area contributed by atoms with Crippen LogP contribution in [0.2, 0.25) is 5.02 Å². The molecular weight excluding hydrogens is 419 g/mol. The number of ether oxygens (including phenoxy) is 2. The molecule has 1 heterocycles. The van der Waals surface area contributed by atoms with Gasteiger partial charge in [-0.3, -0.25) is 0 Å². The molecule has 4 nitrogen and oxygen atoms in total. The Balaban J connectivity index is 1.67. The number of aliphatic hydroxyl groups excluding tert-OH is 1. The molecule has 0 saturated carbocycles. The molecular formula is C22H21ClF3NO3. The number of hydrogen-bond donors (Lipinski definition) is 1. The third-order valence-electron chi connectivity index (χ3n) is 5.48. The molecule has 8 heteroatoms. The van der Waals surface area contributed by atoms with E-state index in [-0.39, 0.29) is 5.02 Å². The molecule has 2 aromatic rings. The van der Waals surface area contributed by atoms with Crippen molar-refractivity contribution in [2.24, 2.45) is 0 Å². The molecule has 1 N–H and O–H groups in total. The molecule has 1 aliphatic heterocycles. The predicted octanol–water partition coefficient (Wildman–Crippen LogP) is 4.88. The Morgan fingerprint density at radius 3 is 2.60 bits per heavy atom. The third-order valence-corrected chi connectivity index (χ3v) is 5.81. The van der Waals surface area contributed by atoms with Gasteiger partial charge in [-0.25, -0.2) is 0 Å². The van der Waals surface area contributed by atoms with Crippen LogP contribution in [-0.2, 0) is 17.3 Å². The molecule has 0 aromatic heterocycles. The van der Waals surface area contributed by atoms with Crippen molar-refractivity contribution < 1.29 is 27.8 Å². The number of alkyl halides is 3. The summed E-state index contributed by atoms with van der Waals surface area (Å²) in [6.07, 6.45) is -3.40. The van der Waals surface area contributed by atoms with Crippen molar-refractivity contribution in [1.82, 2.24) is 0 Å². The number of rotatable bonds is 3. The quantitative estimate of drug-likeness (QED) is 0.740. The normalized spacial score (nSPS) is 20.5. The van der Waals surface area contributed by atoms with Crippen molar-refractivity contribution in [1.29, 1.82) is 0 Å². The summed E-state index contributed by atoms with van der Waals surface area (Å²) in [6.45, 7) is 2.75. The van der Waals surface area contributed by atoms with Gasteiger partial charge in [0.05, 0.1) is 36.6 Å². The van der Waals surface area contributed by atoms with E-state index in [9.17, 15) is 18.3 Å². The topological polar surface area (TPSA) is 41.9 Å². The highest BCUT2D eigenvalue weighted by atomic mass is 35.5. The number of morpholine rings is 1. The third kappa shape index (κ3) is 4.02. The van der Waals surface area contributed by atoms with Gasteiger partial charge in [0.1, 0.15) is 11.9 Å². The fraction of sp³-hybridized carbons (Fsp3) is 0.364. The van der Waals surface area contributed by atoms with Crippen LogP contribution in [-0.4, -0.2) is 38.5 Å². The summed E-state index contributed by atoms with van der Waals surface area (Å²) in [5.74, 6) is 0.654. The van der Waals surface area contributed by atoms with Gasteiger partial charge in [0.2, 0.25) is 0 Å². The standard InChI is InChI=1S/C22H21ClF3NO3/c1-29-20-12-16-14(11-19(20)27-4-6-30-7-5-27)10-15(21(16)28)8-13-2-3-18(23)17(9-13)22(24,25)26/h2-3,8-9,11-12,21,28H,4-7,10H2,1H3/b15-8+. The number of benzene rings is 2. The van der Waals surface area contributed by atoms with Gasteiger partial charge in [0, 0.05) is 13.1 Å². The van der Waals surface area contributed by atoms with Crippen molar-refractivity contribution in [2.45, 2.75) is 18.7 Å². The fourth-order valence-electron chi connectivity index (χ4n) is 3.96. The van der Waals surface area contributed by atoms with Gasteiger partial charge in [0.25, 0.3) is 0 Å². The molecule has 4 rings (SSSR count). The van der Waals surface area contributed by atoms with E-state index >= 15 is 0 Å². The van der Waals surface area contributed by atoms with Crippen LogP contribution in [0.5, 0.6) is 5.75 Å². The summed E-state index contributed by atoms with van der Waals surface area (Å²) in [4.78, 5) is 2.17. The maximum atomic E-state index is 13.2. The van der Waals surface area contributed by atoms with Crippen LogP contribution in [0.25, 0.3) is 6.08 Å². The lowest BCUT2D eigenvalue weighted by atomic mass is 10.0. The lowest BCUT2D eigenvalue weighted by molar-refractivity contribution is -0.137. The highest BCUT2D eigenvalue weighted by molar-refractivity contribution is 6.31. The minimum Gasteiger partial charge on any atom is -0.495 e. The Morgan fingerprint density at radius 1 is 1.20 bits per heavy atom. The zero-order valence-electron chi connectivity index (χ0n) is 16.3. The Labute approximate surface area is 177 Å². The Hall–Kier alpha value is -2.22. The number of aliphatic hydroxyl groups is 1. The van der Waals surface area contributed by atoms with Gasteiger partial charge >= 0.3 is 6.18 Å². The minimum absolute atomic E-state index is 0.342. The minimum atomic E-state index is -4.54. The summed E-state index contributed by atoms with van der Waals surface area (Å²) in [7, 11) is 1.58. The number of halogens is 4. The molecule has 1 unspecified atom stereocenters. The molecule has 1 atom stereocenters. The first kappa shape index (κ1) is 21.0. The Morgan fingerprint density at radius 2 is 1.93 bits per heavy atom. The first-order chi connectivity index (χ1) is 14.3. The molecule has 0 bridgehead atoms. The van der Waals surface area contributed by atoms with Crippen molar-refractivity contribution in [3.63, 3.8) is 0 Å². The van der Waals surface area contributed by atoms with Crippen LogP contribution in [0.1, 0.15) is 28.4 Å². The van der Waals surface area contributed by atoms with Crippen LogP contribution in [0.15, 0.2) is 35.9 Å². The average molecular weight is 440 g/mol. The van der Waals surface area contributed by atoms with Crippen molar-refractivity contribution in [3.8, 4) is 5.75 Å². The zero-order valence-corrected chi connectivity index (χ0v) is 17.1. The van der Waals surface area contributed by atoms with E-state index in [1.165, 1.54) is 12.1 Å². The van der Waals surface area contributed by atoms with E-state index in [0.717, 1.165) is 30.4 Å².